The van der Waals surface area contributed by atoms with Crippen LogP contribution >= 0.6 is 0 Å². The highest BCUT2D eigenvalue weighted by atomic mass is 16.6. The van der Waals surface area contributed by atoms with Gasteiger partial charge in [0.15, 0.2) is 0 Å². The van der Waals surface area contributed by atoms with Crippen LogP contribution in [0.4, 0.5) is 5.69 Å². The number of ether oxygens (including phenoxy) is 2. The van der Waals surface area contributed by atoms with Crippen molar-refractivity contribution in [3.63, 3.8) is 0 Å². The zero-order valence-corrected chi connectivity index (χ0v) is 10.4. The van der Waals surface area contributed by atoms with Gasteiger partial charge in [0, 0.05) is 26.2 Å². The Hall–Kier alpha value is -2.04. The number of anilines is 1. The van der Waals surface area contributed by atoms with Gasteiger partial charge in [-0.3, -0.25) is 0 Å². The quantitative estimate of drug-likeness (QED) is 0.754. The van der Waals surface area contributed by atoms with Crippen molar-refractivity contribution in [3.05, 3.63) is 29.8 Å². The first kappa shape index (κ1) is 12.4. The topological polar surface area (TPSA) is 55.8 Å². The van der Waals surface area contributed by atoms with Gasteiger partial charge in [0.25, 0.3) is 0 Å². The maximum atomic E-state index is 11.9. The fourth-order valence-electron chi connectivity index (χ4n) is 1.69. The molecule has 0 spiro atoms. The third kappa shape index (κ3) is 2.61. The summed E-state index contributed by atoms with van der Waals surface area (Å²) in [6, 6.07) is 7.05. The standard InChI is InChI=1S/C13H15NO4/c1-14(2)10-5-3-4-9(8-10)12(15)18-11-6-7-17-13(11)16/h3-5,8,11H,6-7H2,1-2H3/t11-/m1/s1. The fourth-order valence-corrected chi connectivity index (χ4v) is 1.69. The summed E-state index contributed by atoms with van der Waals surface area (Å²) in [5.74, 6) is -0.963. The smallest absolute Gasteiger partial charge is 0.347 e. The van der Waals surface area contributed by atoms with Crippen LogP contribution in [0.1, 0.15) is 16.8 Å². The van der Waals surface area contributed by atoms with Crippen molar-refractivity contribution in [2.75, 3.05) is 25.6 Å². The van der Waals surface area contributed by atoms with Gasteiger partial charge in [0.1, 0.15) is 0 Å². The number of hydrogen-bond donors (Lipinski definition) is 0. The molecule has 96 valence electrons. The maximum absolute atomic E-state index is 11.9. The molecule has 1 heterocycles. The summed E-state index contributed by atoms with van der Waals surface area (Å²) in [6.45, 7) is 0.314. The first-order valence-electron chi connectivity index (χ1n) is 5.73. The Balaban J connectivity index is 2.09. The molecule has 1 aliphatic rings. The van der Waals surface area contributed by atoms with Crippen LogP contribution in [-0.4, -0.2) is 38.7 Å². The lowest BCUT2D eigenvalue weighted by Crippen LogP contribution is -2.22. The minimum absolute atomic E-state index is 0.314. The minimum atomic E-state index is -0.763. The molecule has 0 unspecified atom stereocenters. The summed E-state index contributed by atoms with van der Waals surface area (Å²) in [5, 5.41) is 0. The highest BCUT2D eigenvalue weighted by Crippen LogP contribution is 2.17. The lowest BCUT2D eigenvalue weighted by atomic mass is 10.2. The van der Waals surface area contributed by atoms with Gasteiger partial charge in [-0.05, 0) is 18.2 Å². The number of carbonyl (C=O) groups is 2. The van der Waals surface area contributed by atoms with E-state index in [1.165, 1.54) is 0 Å². The van der Waals surface area contributed by atoms with Gasteiger partial charge in [-0.25, -0.2) is 9.59 Å². The molecule has 0 amide bonds. The molecule has 1 aliphatic heterocycles. The van der Waals surface area contributed by atoms with Gasteiger partial charge in [-0.1, -0.05) is 6.07 Å². The molecular weight excluding hydrogens is 234 g/mol. The van der Waals surface area contributed by atoms with Crippen LogP contribution < -0.4 is 4.90 Å². The summed E-state index contributed by atoms with van der Waals surface area (Å²) in [4.78, 5) is 25.0. The van der Waals surface area contributed by atoms with Crippen LogP contribution in [0.5, 0.6) is 0 Å². The number of nitrogens with zero attached hydrogens (tertiary/aromatic N) is 1. The van der Waals surface area contributed by atoms with E-state index in [2.05, 4.69) is 0 Å². The second kappa shape index (κ2) is 5.08. The Morgan fingerprint density at radius 3 is 2.83 bits per heavy atom. The lowest BCUT2D eigenvalue weighted by molar-refractivity contribution is -0.145. The molecule has 0 N–H and O–H groups in total. The van der Waals surface area contributed by atoms with Gasteiger partial charge in [0.2, 0.25) is 6.10 Å². The van der Waals surface area contributed by atoms with Gasteiger partial charge >= 0.3 is 11.9 Å². The van der Waals surface area contributed by atoms with Crippen molar-refractivity contribution in [2.24, 2.45) is 0 Å². The molecule has 2 rings (SSSR count). The normalized spacial score (nSPS) is 18.3. The summed E-state index contributed by atoms with van der Waals surface area (Å²) < 4.78 is 9.85. The van der Waals surface area contributed by atoms with Crippen molar-refractivity contribution in [1.82, 2.24) is 0 Å². The second-order valence-corrected chi connectivity index (χ2v) is 4.29. The predicted octanol–water partition coefficient (Wildman–Crippen LogP) is 1.22. The van der Waals surface area contributed by atoms with Crippen molar-refractivity contribution < 1.29 is 19.1 Å². The highest BCUT2D eigenvalue weighted by molar-refractivity contribution is 5.92. The molecule has 18 heavy (non-hydrogen) atoms. The Morgan fingerprint density at radius 1 is 1.44 bits per heavy atom. The van der Waals surface area contributed by atoms with Crippen molar-refractivity contribution in [2.45, 2.75) is 12.5 Å². The van der Waals surface area contributed by atoms with Crippen molar-refractivity contribution in [3.8, 4) is 0 Å². The zero-order chi connectivity index (χ0) is 13.1. The van der Waals surface area contributed by atoms with Crippen LogP contribution in [0.15, 0.2) is 24.3 Å². The maximum Gasteiger partial charge on any atom is 0.347 e. The summed E-state index contributed by atoms with van der Waals surface area (Å²) in [5.41, 5.74) is 1.33. The molecule has 1 aromatic carbocycles. The predicted molar refractivity (Wildman–Crippen MR) is 65.5 cm³/mol. The number of carbonyl (C=O) groups excluding carboxylic acids is 2. The Bertz CT molecular complexity index is 470. The molecule has 1 saturated heterocycles. The molecule has 5 heteroatoms. The molecule has 1 aromatic rings. The number of benzene rings is 1. The molecule has 5 nitrogen and oxygen atoms in total. The fraction of sp³-hybridized carbons (Fsp3) is 0.385. The van der Waals surface area contributed by atoms with Gasteiger partial charge < -0.3 is 14.4 Å². The van der Waals surface area contributed by atoms with E-state index in [0.29, 0.717) is 18.6 Å². The largest absolute Gasteiger partial charge is 0.463 e. The van der Waals surface area contributed by atoms with Crippen molar-refractivity contribution in [1.29, 1.82) is 0 Å². The first-order valence-corrected chi connectivity index (χ1v) is 5.73. The van der Waals surface area contributed by atoms with E-state index in [4.69, 9.17) is 9.47 Å². The van der Waals surface area contributed by atoms with Gasteiger partial charge in [-0.2, -0.15) is 0 Å². The van der Waals surface area contributed by atoms with Crippen LogP contribution in [0, 0.1) is 0 Å². The molecule has 1 fully saturated rings. The third-order valence-corrected chi connectivity index (χ3v) is 2.73. The number of hydrogen-bond acceptors (Lipinski definition) is 5. The molecule has 0 bridgehead atoms. The van der Waals surface area contributed by atoms with E-state index in [1.54, 1.807) is 18.2 Å². The highest BCUT2D eigenvalue weighted by Gasteiger charge is 2.30. The van der Waals surface area contributed by atoms with Gasteiger partial charge in [0.05, 0.1) is 12.2 Å². The SMILES string of the molecule is CN(C)c1cccc(C(=O)O[C@@H]2CCOC2=O)c1. The summed E-state index contributed by atoms with van der Waals surface area (Å²) >= 11 is 0. The zero-order valence-electron chi connectivity index (χ0n) is 10.4. The first-order chi connectivity index (χ1) is 8.58. The molecule has 0 radical (unpaired) electrons. The Morgan fingerprint density at radius 2 is 2.22 bits per heavy atom. The number of cyclic esters (lactones) is 1. The lowest BCUT2D eigenvalue weighted by Gasteiger charge is -2.14. The molecule has 1 atom stereocenters. The molecule has 0 aliphatic carbocycles. The average molecular weight is 249 g/mol. The Kier molecular flexibility index (Phi) is 3.50. The third-order valence-electron chi connectivity index (χ3n) is 2.73. The average Bonchev–Trinajstić information content (AvgIpc) is 2.75. The minimum Gasteiger partial charge on any atom is -0.463 e. The monoisotopic (exact) mass is 249 g/mol. The van der Waals surface area contributed by atoms with Crippen molar-refractivity contribution >= 4 is 17.6 Å². The van der Waals surface area contributed by atoms with E-state index in [-0.39, 0.29) is 0 Å². The van der Waals surface area contributed by atoms with Crippen LogP contribution in [-0.2, 0) is 14.3 Å². The van der Waals surface area contributed by atoms with Gasteiger partial charge in [-0.15, -0.1) is 0 Å². The second-order valence-electron chi connectivity index (χ2n) is 4.29. The van der Waals surface area contributed by atoms with Crippen LogP contribution in [0.2, 0.25) is 0 Å². The van der Waals surface area contributed by atoms with E-state index >= 15 is 0 Å². The van der Waals surface area contributed by atoms with E-state index in [9.17, 15) is 9.59 Å². The Labute approximate surface area is 105 Å². The van der Waals surface area contributed by atoms with E-state index in [0.717, 1.165) is 5.69 Å². The van der Waals surface area contributed by atoms with Crippen LogP contribution in [0.25, 0.3) is 0 Å². The van der Waals surface area contributed by atoms with E-state index < -0.39 is 18.0 Å². The molecule has 0 aromatic heterocycles. The summed E-state index contributed by atoms with van der Waals surface area (Å²) in [6.07, 6.45) is -0.335. The number of esters is 2. The van der Waals surface area contributed by atoms with Crippen LogP contribution in [0.3, 0.4) is 0 Å². The molecular formula is C13H15NO4. The molecule has 0 saturated carbocycles. The summed E-state index contributed by atoms with van der Waals surface area (Å²) in [7, 11) is 3.78. The van der Waals surface area contributed by atoms with E-state index in [1.807, 2.05) is 25.1 Å². The number of rotatable bonds is 3.